The highest BCUT2D eigenvalue weighted by Crippen LogP contribution is 2.37. The Kier molecular flexibility index (Phi) is 10.2. The molecule has 6 rings (SSSR count). The molecule has 3 heterocycles. The molecule has 15 heteroatoms. The first-order valence-corrected chi connectivity index (χ1v) is 15.9. The summed E-state index contributed by atoms with van der Waals surface area (Å²) in [5, 5.41) is 21.6. The van der Waals surface area contributed by atoms with Crippen molar-refractivity contribution in [1.82, 2.24) is 40.2 Å². The third kappa shape index (κ3) is 7.58. The van der Waals surface area contributed by atoms with E-state index in [1.807, 2.05) is 36.4 Å². The number of aliphatic hydroxyl groups excluding tert-OH is 1. The summed E-state index contributed by atoms with van der Waals surface area (Å²) in [6.45, 7) is 2.11. The Morgan fingerprint density at radius 1 is 0.980 bits per heavy atom. The van der Waals surface area contributed by atoms with E-state index < -0.39 is 24.5 Å². The molecule has 2 N–H and O–H groups in total. The van der Waals surface area contributed by atoms with E-state index in [0.717, 1.165) is 11.1 Å². The van der Waals surface area contributed by atoms with Crippen molar-refractivity contribution in [3.8, 4) is 11.4 Å². The molecule has 0 saturated carbocycles. The lowest BCUT2D eigenvalue weighted by Gasteiger charge is -2.53. The van der Waals surface area contributed by atoms with E-state index in [1.54, 1.807) is 17.0 Å². The van der Waals surface area contributed by atoms with Crippen molar-refractivity contribution in [2.45, 2.75) is 30.7 Å². The molecule has 2 atom stereocenters. The molecule has 0 bridgehead atoms. The maximum atomic E-state index is 13.7. The largest absolute Gasteiger partial charge is 0.496 e. The van der Waals surface area contributed by atoms with Crippen LogP contribution in [-0.4, -0.2) is 117 Å². The fourth-order valence-corrected chi connectivity index (χ4v) is 6.96. The molecule has 0 aliphatic carbocycles. The Balaban J connectivity index is 1.34. The first-order valence-electron chi connectivity index (χ1n) is 15.9. The summed E-state index contributed by atoms with van der Waals surface area (Å²) in [6, 6.07) is 25.1. The van der Waals surface area contributed by atoms with Crippen molar-refractivity contribution in [3.63, 3.8) is 0 Å². The van der Waals surface area contributed by atoms with Crippen molar-refractivity contribution < 1.29 is 32.6 Å². The number of ether oxygens (including phenoxy) is 1. The van der Waals surface area contributed by atoms with Gasteiger partial charge in [-0.2, -0.15) is 17.9 Å². The minimum Gasteiger partial charge on any atom is -0.496 e. The second kappa shape index (κ2) is 14.7. The van der Waals surface area contributed by atoms with E-state index in [-0.39, 0.29) is 36.1 Å². The number of aromatic nitrogens is 4. The topological polar surface area (TPSA) is 129 Å². The van der Waals surface area contributed by atoms with E-state index in [1.165, 1.54) is 13.2 Å². The van der Waals surface area contributed by atoms with Crippen LogP contribution in [-0.2, 0) is 22.3 Å². The molecule has 2 amide bonds. The average Bonchev–Trinajstić information content (AvgIpc) is 3.63. The number of hydrogen-bond donors (Lipinski definition) is 2. The van der Waals surface area contributed by atoms with Crippen LogP contribution in [0.3, 0.4) is 0 Å². The number of aliphatic hydroxyl groups is 1. The molecule has 2 aliphatic rings. The second-order valence-electron chi connectivity index (χ2n) is 12.1. The number of tetrazole rings is 1. The van der Waals surface area contributed by atoms with E-state index in [4.69, 9.17) is 9.84 Å². The van der Waals surface area contributed by atoms with Gasteiger partial charge in [0.05, 0.1) is 19.3 Å². The highest BCUT2D eigenvalue weighted by Gasteiger charge is 2.43. The quantitative estimate of drug-likeness (QED) is 0.260. The number of nitrogens with one attached hydrogen (secondary N) is 1. The number of rotatable bonds is 10. The maximum Gasteiger partial charge on any atom is 0.453 e. The van der Waals surface area contributed by atoms with Gasteiger partial charge >= 0.3 is 6.18 Å². The summed E-state index contributed by atoms with van der Waals surface area (Å²) in [5.41, 5.74) is 3.08. The standard InChI is InChI=1S/C34H37F3N8O4/c1-49-29-13-12-26(45-33(34(35,36)37)39-40-41-45)16-25(29)18-42-19-27-20-43(31(48)17-38-30(47)22-46)14-15-44(27)28(21-42)32(23-8-4-2-5-9-23)24-10-6-3-7-11-24/h2-13,16,27-28,32,46H,14-15,17-22H2,1H3,(H,38,47)/t27-,28+/m1/s1. The molecule has 49 heavy (non-hydrogen) atoms. The molecule has 12 nitrogen and oxygen atoms in total. The Morgan fingerprint density at radius 2 is 1.67 bits per heavy atom. The van der Waals surface area contributed by atoms with Crippen molar-refractivity contribution in [1.29, 1.82) is 0 Å². The van der Waals surface area contributed by atoms with Gasteiger partial charge in [-0.3, -0.25) is 19.4 Å². The molecule has 4 aromatic rings. The fourth-order valence-electron chi connectivity index (χ4n) is 6.96. The Labute approximate surface area is 281 Å². The predicted molar refractivity (Wildman–Crippen MR) is 172 cm³/mol. The van der Waals surface area contributed by atoms with Gasteiger partial charge in [-0.15, -0.1) is 5.10 Å². The van der Waals surface area contributed by atoms with Gasteiger partial charge in [0.2, 0.25) is 11.8 Å². The number of alkyl halides is 3. The van der Waals surface area contributed by atoms with E-state index >= 15 is 0 Å². The van der Waals surface area contributed by atoms with E-state index in [9.17, 15) is 22.8 Å². The minimum absolute atomic E-state index is 0.0254. The van der Waals surface area contributed by atoms with Gasteiger partial charge in [-0.05, 0) is 39.8 Å². The lowest BCUT2D eigenvalue weighted by Crippen LogP contribution is -2.67. The number of carbonyl (C=O) groups is 2. The van der Waals surface area contributed by atoms with Crippen LogP contribution < -0.4 is 10.1 Å². The van der Waals surface area contributed by atoms with Crippen LogP contribution in [0.5, 0.6) is 5.75 Å². The van der Waals surface area contributed by atoms with Gasteiger partial charge in [0, 0.05) is 62.8 Å². The van der Waals surface area contributed by atoms with Crippen LogP contribution >= 0.6 is 0 Å². The summed E-state index contributed by atoms with van der Waals surface area (Å²) in [7, 11) is 1.51. The van der Waals surface area contributed by atoms with Crippen LogP contribution in [0.25, 0.3) is 5.69 Å². The number of benzene rings is 3. The molecule has 2 fully saturated rings. The van der Waals surface area contributed by atoms with Crippen LogP contribution in [0.15, 0.2) is 78.9 Å². The first kappa shape index (κ1) is 34.0. The van der Waals surface area contributed by atoms with E-state index in [2.05, 4.69) is 54.9 Å². The molecule has 2 saturated heterocycles. The number of hydrogen-bond acceptors (Lipinski definition) is 9. The third-order valence-corrected chi connectivity index (χ3v) is 9.13. The Bertz CT molecular complexity index is 1700. The highest BCUT2D eigenvalue weighted by atomic mass is 19.4. The lowest BCUT2D eigenvalue weighted by molar-refractivity contribution is -0.146. The molecular weight excluding hydrogens is 641 g/mol. The third-order valence-electron chi connectivity index (χ3n) is 9.13. The number of carbonyl (C=O) groups excluding carboxylic acids is 2. The van der Waals surface area contributed by atoms with Crippen LogP contribution in [0.2, 0.25) is 0 Å². The first-order chi connectivity index (χ1) is 23.7. The van der Waals surface area contributed by atoms with Gasteiger partial charge in [0.1, 0.15) is 12.4 Å². The number of nitrogens with zero attached hydrogens (tertiary/aromatic N) is 7. The van der Waals surface area contributed by atoms with E-state index in [0.29, 0.717) is 55.3 Å². The molecule has 0 radical (unpaired) electrons. The molecule has 0 spiro atoms. The zero-order valence-corrected chi connectivity index (χ0v) is 26.8. The zero-order valence-electron chi connectivity index (χ0n) is 26.8. The molecular formula is C34H37F3N8O4. The smallest absolute Gasteiger partial charge is 0.453 e. The average molecular weight is 679 g/mol. The van der Waals surface area contributed by atoms with Crippen LogP contribution in [0, 0.1) is 0 Å². The molecule has 2 aliphatic heterocycles. The fraction of sp³-hybridized carbons (Fsp3) is 0.382. The molecule has 1 aromatic heterocycles. The summed E-state index contributed by atoms with van der Waals surface area (Å²) in [6.07, 6.45) is -4.75. The number of methoxy groups -OCH3 is 1. The highest BCUT2D eigenvalue weighted by molar-refractivity contribution is 5.85. The van der Waals surface area contributed by atoms with Gasteiger partial charge < -0.3 is 20.1 Å². The summed E-state index contributed by atoms with van der Waals surface area (Å²) < 4.78 is 47.4. The molecule has 0 unspecified atom stereocenters. The predicted octanol–water partition coefficient (Wildman–Crippen LogP) is 2.33. The van der Waals surface area contributed by atoms with Crippen molar-refractivity contribution in [3.05, 3.63) is 101 Å². The van der Waals surface area contributed by atoms with Crippen molar-refractivity contribution >= 4 is 11.8 Å². The van der Waals surface area contributed by atoms with Crippen molar-refractivity contribution in [2.75, 3.05) is 53.0 Å². The number of fused-ring (bicyclic) bond motifs is 1. The normalized spacial score (nSPS) is 18.7. The van der Waals surface area contributed by atoms with Gasteiger partial charge in [-0.1, -0.05) is 60.7 Å². The number of halogens is 3. The van der Waals surface area contributed by atoms with Gasteiger partial charge in [0.15, 0.2) is 0 Å². The van der Waals surface area contributed by atoms with Crippen LogP contribution in [0.1, 0.15) is 28.4 Å². The summed E-state index contributed by atoms with van der Waals surface area (Å²) >= 11 is 0. The lowest BCUT2D eigenvalue weighted by atomic mass is 9.81. The Hall–Kier alpha value is -4.86. The van der Waals surface area contributed by atoms with Gasteiger partial charge in [0.25, 0.3) is 5.82 Å². The van der Waals surface area contributed by atoms with Crippen molar-refractivity contribution in [2.24, 2.45) is 0 Å². The Morgan fingerprint density at radius 3 is 2.31 bits per heavy atom. The minimum atomic E-state index is -4.75. The monoisotopic (exact) mass is 678 g/mol. The van der Waals surface area contributed by atoms with Crippen LogP contribution in [0.4, 0.5) is 13.2 Å². The summed E-state index contributed by atoms with van der Waals surface area (Å²) in [5.74, 6) is -1.61. The maximum absolute atomic E-state index is 13.7. The summed E-state index contributed by atoms with van der Waals surface area (Å²) in [4.78, 5) is 31.2. The SMILES string of the molecule is COc1ccc(-n2nnnc2C(F)(F)F)cc1CN1C[C@@H]2CN(C(=O)CNC(=O)CO)CCN2[C@H](C(c2ccccc2)c2ccccc2)C1. The second-order valence-corrected chi connectivity index (χ2v) is 12.1. The molecule has 3 aromatic carbocycles. The number of piperazine rings is 2. The number of amides is 2. The zero-order chi connectivity index (χ0) is 34.5. The molecule has 258 valence electrons. The van der Waals surface area contributed by atoms with Gasteiger partial charge in [-0.25, -0.2) is 0 Å².